The van der Waals surface area contributed by atoms with Gasteiger partial charge in [-0.25, -0.2) is 4.90 Å². The van der Waals surface area contributed by atoms with E-state index in [1.807, 2.05) is 31.2 Å². The zero-order chi connectivity index (χ0) is 22.9. The number of nitrogens with zero attached hydrogens (tertiary/aromatic N) is 1. The molecule has 1 aliphatic heterocycles. The number of carbonyl (C=O) groups excluding carboxylic acids is 3. The summed E-state index contributed by atoms with van der Waals surface area (Å²) in [5, 5.41) is 13.0. The summed E-state index contributed by atoms with van der Waals surface area (Å²) < 4.78 is 5.69. The van der Waals surface area contributed by atoms with Gasteiger partial charge in [0.15, 0.2) is 0 Å². The molecule has 1 heterocycles. The monoisotopic (exact) mass is 438 g/mol. The molecule has 1 fully saturated rings. The maximum Gasteiger partial charge on any atom is 0.239 e. The minimum Gasteiger partial charge on any atom is -0.549 e. The van der Waals surface area contributed by atoms with Crippen molar-refractivity contribution in [1.82, 2.24) is 0 Å². The van der Waals surface area contributed by atoms with Gasteiger partial charge >= 0.3 is 0 Å². The van der Waals surface area contributed by atoms with Crippen LogP contribution in [0.15, 0.2) is 72.8 Å². The Hall–Kier alpha value is -3.93. The van der Waals surface area contributed by atoms with Crippen molar-refractivity contribution in [3.63, 3.8) is 0 Å². The van der Waals surface area contributed by atoms with Crippen molar-refractivity contribution in [2.75, 3.05) is 11.5 Å². The number of hydrogen-bond acceptors (Lipinski definition) is 5. The van der Waals surface area contributed by atoms with E-state index in [1.165, 1.54) is 0 Å². The highest BCUT2D eigenvalue weighted by molar-refractivity contribution is 6.25. The first-order valence-corrected chi connectivity index (χ1v) is 11.0. The Bertz CT molecular complexity index is 1300. The van der Waals surface area contributed by atoms with Crippen LogP contribution in [0.4, 0.5) is 5.69 Å². The molecule has 0 spiro atoms. The second-order valence-corrected chi connectivity index (χ2v) is 8.66. The first-order chi connectivity index (χ1) is 16.0. The Labute approximate surface area is 190 Å². The molecule has 0 N–H and O–H groups in total. The van der Waals surface area contributed by atoms with Crippen molar-refractivity contribution in [2.24, 2.45) is 11.8 Å². The number of imide groups is 1. The van der Waals surface area contributed by atoms with E-state index in [2.05, 4.69) is 0 Å². The number of aliphatic carboxylic acids is 1. The predicted octanol–water partition coefficient (Wildman–Crippen LogP) is 2.39. The molecule has 0 aromatic heterocycles. The van der Waals surface area contributed by atoms with E-state index >= 15 is 0 Å². The Morgan fingerprint density at radius 1 is 0.909 bits per heavy atom. The van der Waals surface area contributed by atoms with Crippen LogP contribution in [0.5, 0.6) is 5.75 Å². The molecule has 164 valence electrons. The van der Waals surface area contributed by atoms with Crippen LogP contribution in [0.1, 0.15) is 35.1 Å². The molecule has 2 unspecified atom stereocenters. The Kier molecular flexibility index (Phi) is 4.06. The van der Waals surface area contributed by atoms with E-state index in [9.17, 15) is 19.5 Å². The Balaban J connectivity index is 1.64. The van der Waals surface area contributed by atoms with Gasteiger partial charge in [0.05, 0.1) is 35.5 Å². The largest absolute Gasteiger partial charge is 0.549 e. The van der Waals surface area contributed by atoms with Crippen molar-refractivity contribution in [1.29, 1.82) is 0 Å². The quantitative estimate of drug-likeness (QED) is 0.584. The summed E-state index contributed by atoms with van der Waals surface area (Å²) in [6, 6.07) is 21.3. The minimum absolute atomic E-state index is 0.338. The zero-order valence-corrected chi connectivity index (χ0v) is 17.9. The van der Waals surface area contributed by atoms with E-state index in [1.54, 1.807) is 48.5 Å². The van der Waals surface area contributed by atoms with E-state index in [4.69, 9.17) is 4.74 Å². The van der Waals surface area contributed by atoms with Crippen LogP contribution in [0.3, 0.4) is 0 Å². The Morgan fingerprint density at radius 3 is 2.09 bits per heavy atom. The van der Waals surface area contributed by atoms with Crippen LogP contribution in [0.25, 0.3) is 0 Å². The third-order valence-corrected chi connectivity index (χ3v) is 7.35. The van der Waals surface area contributed by atoms with Gasteiger partial charge in [-0.1, -0.05) is 60.7 Å². The van der Waals surface area contributed by atoms with Crippen LogP contribution in [0.2, 0.25) is 0 Å². The number of amides is 2. The average Bonchev–Trinajstić information content (AvgIpc) is 3.10. The number of carbonyl (C=O) groups is 3. The molecular weight excluding hydrogens is 418 g/mol. The minimum atomic E-state index is -1.74. The lowest BCUT2D eigenvalue weighted by atomic mass is 9.47. The lowest BCUT2D eigenvalue weighted by Gasteiger charge is -2.54. The van der Waals surface area contributed by atoms with Gasteiger partial charge in [0.1, 0.15) is 5.75 Å². The molecule has 3 aromatic rings. The van der Waals surface area contributed by atoms with Crippen molar-refractivity contribution in [3.05, 3.63) is 95.1 Å². The molecule has 2 amide bonds. The molecule has 33 heavy (non-hydrogen) atoms. The molecule has 2 bridgehead atoms. The number of para-hydroxylation sites is 2. The summed E-state index contributed by atoms with van der Waals surface area (Å²) in [4.78, 5) is 42.1. The first-order valence-electron chi connectivity index (χ1n) is 11.0. The van der Waals surface area contributed by atoms with Crippen LogP contribution >= 0.6 is 0 Å². The SMILES string of the molecule is CCOc1ccccc1N1C(=O)C2C3c4ccccc4C(C(=O)[O-])(c4ccccc43)C2C1=O. The number of carboxylic acid groups (broad SMARTS) is 1. The fraction of sp³-hybridized carbons (Fsp3) is 0.222. The molecule has 6 nitrogen and oxygen atoms in total. The summed E-state index contributed by atoms with van der Waals surface area (Å²) >= 11 is 0. The molecule has 3 aliphatic carbocycles. The van der Waals surface area contributed by atoms with Crippen molar-refractivity contribution in [2.45, 2.75) is 18.3 Å². The zero-order valence-electron chi connectivity index (χ0n) is 17.9. The number of rotatable bonds is 4. The van der Waals surface area contributed by atoms with Crippen LogP contribution < -0.4 is 14.7 Å². The fourth-order valence-corrected chi connectivity index (χ4v) is 6.28. The fourth-order valence-electron chi connectivity index (χ4n) is 6.28. The Morgan fingerprint density at radius 2 is 1.48 bits per heavy atom. The predicted molar refractivity (Wildman–Crippen MR) is 118 cm³/mol. The smallest absolute Gasteiger partial charge is 0.239 e. The van der Waals surface area contributed by atoms with Crippen molar-refractivity contribution < 1.29 is 24.2 Å². The molecule has 7 rings (SSSR count). The van der Waals surface area contributed by atoms with Crippen LogP contribution in [-0.2, 0) is 19.8 Å². The highest BCUT2D eigenvalue weighted by Crippen LogP contribution is 2.64. The van der Waals surface area contributed by atoms with Gasteiger partial charge in [-0.3, -0.25) is 9.59 Å². The second kappa shape index (κ2) is 6.78. The summed E-state index contributed by atoms with van der Waals surface area (Å²) in [5.74, 6) is -4.24. The molecular formula is C27H20NO5-. The van der Waals surface area contributed by atoms with Gasteiger partial charge in [0, 0.05) is 5.92 Å². The summed E-state index contributed by atoms with van der Waals surface area (Å²) in [5.41, 5.74) is 1.21. The van der Waals surface area contributed by atoms with Gasteiger partial charge in [-0.05, 0) is 41.3 Å². The van der Waals surface area contributed by atoms with Crippen molar-refractivity contribution >= 4 is 23.5 Å². The van der Waals surface area contributed by atoms with Crippen LogP contribution in [0, 0.1) is 11.8 Å². The van der Waals surface area contributed by atoms with Gasteiger partial charge in [-0.2, -0.15) is 0 Å². The maximum atomic E-state index is 14.0. The molecule has 1 saturated heterocycles. The number of anilines is 1. The lowest BCUT2D eigenvalue weighted by Crippen LogP contribution is -2.61. The first kappa shape index (κ1) is 19.7. The molecule has 3 aromatic carbocycles. The third kappa shape index (κ3) is 2.25. The molecule has 2 atom stereocenters. The standard InChI is InChI=1S/C27H21NO5/c1-2-33-20-14-8-7-13-19(20)28-24(29)22-21-15-9-3-5-11-17(15)27(26(31)32,23(22)25(28)30)18-12-6-4-10-16(18)21/h3-14,21-23H,2H2,1H3,(H,31,32)/p-1. The summed E-state index contributed by atoms with van der Waals surface area (Å²) in [6.07, 6.45) is 0. The normalized spacial score (nSPS) is 26.6. The van der Waals surface area contributed by atoms with Gasteiger partial charge in [-0.15, -0.1) is 0 Å². The average molecular weight is 438 g/mol. The lowest BCUT2D eigenvalue weighted by molar-refractivity contribution is -0.314. The second-order valence-electron chi connectivity index (χ2n) is 8.66. The highest BCUT2D eigenvalue weighted by Gasteiger charge is 2.69. The van der Waals surface area contributed by atoms with E-state index < -0.39 is 41.0 Å². The summed E-state index contributed by atoms with van der Waals surface area (Å²) in [7, 11) is 0. The van der Waals surface area contributed by atoms with Gasteiger partial charge in [0.25, 0.3) is 0 Å². The number of ether oxygens (including phenoxy) is 1. The van der Waals surface area contributed by atoms with Crippen molar-refractivity contribution in [3.8, 4) is 5.75 Å². The van der Waals surface area contributed by atoms with E-state index in [0.29, 0.717) is 29.2 Å². The van der Waals surface area contributed by atoms with Crippen LogP contribution in [-0.4, -0.2) is 24.4 Å². The topological polar surface area (TPSA) is 86.7 Å². The summed E-state index contributed by atoms with van der Waals surface area (Å²) in [6.45, 7) is 2.19. The molecule has 0 radical (unpaired) electrons. The highest BCUT2D eigenvalue weighted by atomic mass is 16.5. The molecule has 6 heteroatoms. The van der Waals surface area contributed by atoms with E-state index in [0.717, 1.165) is 16.0 Å². The van der Waals surface area contributed by atoms with Gasteiger partial charge < -0.3 is 14.6 Å². The third-order valence-electron chi connectivity index (χ3n) is 7.35. The number of carboxylic acids is 1. The van der Waals surface area contributed by atoms with Gasteiger partial charge in [0.2, 0.25) is 11.8 Å². The van der Waals surface area contributed by atoms with E-state index in [-0.39, 0.29) is 0 Å². The number of hydrogen-bond donors (Lipinski definition) is 0. The number of benzene rings is 3. The molecule has 4 aliphatic rings. The molecule has 0 saturated carbocycles. The maximum absolute atomic E-state index is 14.0.